The molecule has 68 valence electrons. The van der Waals surface area contributed by atoms with Gasteiger partial charge in [0.2, 0.25) is 0 Å². The predicted octanol–water partition coefficient (Wildman–Crippen LogP) is 2.13. The van der Waals surface area contributed by atoms with Crippen molar-refractivity contribution in [1.82, 2.24) is 15.0 Å². The average Bonchev–Trinajstić information content (AvgIpc) is 2.70. The first-order valence-electron chi connectivity index (χ1n) is 4.16. The molecule has 0 aliphatic carbocycles. The molecule has 0 saturated heterocycles. The Morgan fingerprint density at radius 3 is 2.57 bits per heavy atom. The Morgan fingerprint density at radius 1 is 1.29 bits per heavy atom. The van der Waals surface area contributed by atoms with Crippen molar-refractivity contribution >= 4 is 5.69 Å². The second-order valence-corrected chi connectivity index (χ2v) is 2.90. The van der Waals surface area contributed by atoms with Gasteiger partial charge in [-0.05, 0) is 18.6 Å². The monoisotopic (exact) mass is 184 g/mol. The van der Waals surface area contributed by atoms with Crippen molar-refractivity contribution in [3.05, 3.63) is 47.6 Å². The van der Waals surface area contributed by atoms with Crippen molar-refractivity contribution in [1.29, 1.82) is 0 Å². The molecule has 0 amide bonds. The van der Waals surface area contributed by atoms with Crippen LogP contribution >= 0.6 is 0 Å². The summed E-state index contributed by atoms with van der Waals surface area (Å²) < 4.78 is 0. The van der Waals surface area contributed by atoms with Crippen molar-refractivity contribution < 1.29 is 0 Å². The summed E-state index contributed by atoms with van der Waals surface area (Å²) in [6.45, 7) is 8.81. The van der Waals surface area contributed by atoms with E-state index in [0.717, 1.165) is 11.3 Å². The predicted molar refractivity (Wildman–Crippen MR) is 52.4 cm³/mol. The van der Waals surface area contributed by atoms with E-state index in [0.29, 0.717) is 5.69 Å². The minimum atomic E-state index is 0.637. The summed E-state index contributed by atoms with van der Waals surface area (Å²) in [7, 11) is 0. The highest BCUT2D eigenvalue weighted by molar-refractivity contribution is 5.53. The van der Waals surface area contributed by atoms with Crippen LogP contribution in [0.2, 0.25) is 0 Å². The molecule has 4 heteroatoms. The molecule has 1 aromatic heterocycles. The number of benzene rings is 1. The summed E-state index contributed by atoms with van der Waals surface area (Å²) in [6, 6.07) is 5.44. The zero-order valence-corrected chi connectivity index (χ0v) is 7.68. The van der Waals surface area contributed by atoms with Gasteiger partial charge in [0.05, 0.1) is 24.7 Å². The molecule has 0 aliphatic heterocycles. The number of hydrogen-bond donors (Lipinski definition) is 0. The molecule has 1 heterocycles. The molecule has 4 nitrogen and oxygen atoms in total. The third kappa shape index (κ3) is 1.36. The van der Waals surface area contributed by atoms with Crippen LogP contribution in [0.15, 0.2) is 30.6 Å². The fourth-order valence-corrected chi connectivity index (χ4v) is 1.27. The van der Waals surface area contributed by atoms with Crippen LogP contribution in [0.25, 0.3) is 10.5 Å². The van der Waals surface area contributed by atoms with Crippen LogP contribution in [0.3, 0.4) is 0 Å². The van der Waals surface area contributed by atoms with E-state index in [1.165, 1.54) is 0 Å². The van der Waals surface area contributed by atoms with Crippen molar-refractivity contribution in [3.8, 4) is 5.69 Å². The van der Waals surface area contributed by atoms with Crippen LogP contribution in [0.1, 0.15) is 5.56 Å². The number of nitrogens with zero attached hydrogens (tertiary/aromatic N) is 4. The topological polar surface area (TPSA) is 35.1 Å². The second-order valence-electron chi connectivity index (χ2n) is 2.90. The van der Waals surface area contributed by atoms with E-state index < -0.39 is 0 Å². The van der Waals surface area contributed by atoms with Crippen molar-refractivity contribution in [2.45, 2.75) is 6.92 Å². The fraction of sp³-hybridized carbons (Fsp3) is 0.100. The first-order chi connectivity index (χ1) is 6.81. The number of rotatable bonds is 1. The van der Waals surface area contributed by atoms with Gasteiger partial charge in [-0.15, -0.1) is 0 Å². The smallest absolute Gasteiger partial charge is 0.187 e. The van der Waals surface area contributed by atoms with E-state index >= 15 is 0 Å². The van der Waals surface area contributed by atoms with E-state index in [-0.39, 0.29) is 0 Å². The van der Waals surface area contributed by atoms with Crippen LogP contribution < -0.4 is 0 Å². The molecule has 2 aromatic rings. The van der Waals surface area contributed by atoms with Crippen LogP contribution in [-0.2, 0) is 0 Å². The fourth-order valence-electron chi connectivity index (χ4n) is 1.27. The van der Waals surface area contributed by atoms with Gasteiger partial charge < -0.3 is 0 Å². The molecule has 0 unspecified atom stereocenters. The first-order valence-corrected chi connectivity index (χ1v) is 4.16. The quantitative estimate of drug-likeness (QED) is 0.636. The first kappa shape index (κ1) is 8.45. The molecule has 0 fully saturated rings. The van der Waals surface area contributed by atoms with Crippen molar-refractivity contribution in [3.63, 3.8) is 0 Å². The molecule has 0 aliphatic rings. The van der Waals surface area contributed by atoms with E-state index in [4.69, 9.17) is 6.57 Å². The molecule has 1 aromatic carbocycles. The average molecular weight is 184 g/mol. The summed E-state index contributed by atoms with van der Waals surface area (Å²) in [5.41, 5.74) is 2.54. The summed E-state index contributed by atoms with van der Waals surface area (Å²) in [6.07, 6.45) is 3.25. The zero-order valence-electron chi connectivity index (χ0n) is 7.68. The lowest BCUT2D eigenvalue weighted by Crippen LogP contribution is -2.00. The lowest BCUT2D eigenvalue weighted by molar-refractivity contribution is 0.747. The molecule has 0 atom stereocenters. The van der Waals surface area contributed by atoms with Gasteiger partial charge in [0, 0.05) is 0 Å². The zero-order chi connectivity index (χ0) is 9.97. The Hall–Kier alpha value is -2.15. The highest BCUT2D eigenvalue weighted by atomic mass is 15.5. The largest absolute Gasteiger partial charge is 0.238 e. The molecular weight excluding hydrogens is 176 g/mol. The molecule has 0 bridgehead atoms. The number of aryl methyl sites for hydroxylation is 1. The van der Waals surface area contributed by atoms with Gasteiger partial charge in [-0.25, -0.2) is 4.85 Å². The summed E-state index contributed by atoms with van der Waals surface area (Å²) in [4.78, 5) is 4.90. The molecule has 0 spiro atoms. The summed E-state index contributed by atoms with van der Waals surface area (Å²) in [5.74, 6) is 0. The Labute approximate surface area is 81.6 Å². The van der Waals surface area contributed by atoms with Gasteiger partial charge >= 0.3 is 0 Å². The maximum atomic E-state index is 6.87. The van der Waals surface area contributed by atoms with E-state index in [2.05, 4.69) is 15.0 Å². The van der Waals surface area contributed by atoms with E-state index in [9.17, 15) is 0 Å². The molecule has 0 radical (unpaired) electrons. The summed E-state index contributed by atoms with van der Waals surface area (Å²) >= 11 is 0. The Balaban J connectivity index is 2.52. The normalized spacial score (nSPS) is 9.71. The second kappa shape index (κ2) is 3.30. The van der Waals surface area contributed by atoms with E-state index in [1.807, 2.05) is 19.1 Å². The SMILES string of the molecule is [C-]#[N+]c1ccc(-n2nccn2)c(C)c1. The van der Waals surface area contributed by atoms with Gasteiger partial charge in [0.25, 0.3) is 0 Å². The van der Waals surface area contributed by atoms with Crippen LogP contribution in [0.4, 0.5) is 5.69 Å². The minimum absolute atomic E-state index is 0.637. The highest BCUT2D eigenvalue weighted by Gasteiger charge is 2.02. The third-order valence-corrected chi connectivity index (χ3v) is 1.94. The lowest BCUT2D eigenvalue weighted by Gasteiger charge is -2.03. The Morgan fingerprint density at radius 2 is 2.00 bits per heavy atom. The lowest BCUT2D eigenvalue weighted by atomic mass is 10.2. The molecule has 14 heavy (non-hydrogen) atoms. The standard InChI is InChI=1S/C10H8N4/c1-8-7-9(11-2)3-4-10(8)14-12-5-6-13-14/h3-7H,1H3. The molecule has 2 rings (SSSR count). The van der Waals surface area contributed by atoms with Gasteiger partial charge in [-0.1, -0.05) is 12.1 Å². The van der Waals surface area contributed by atoms with Crippen LogP contribution in [0.5, 0.6) is 0 Å². The Kier molecular flexibility index (Phi) is 1.99. The molecule has 0 N–H and O–H groups in total. The molecule has 0 saturated carbocycles. The maximum Gasteiger partial charge on any atom is 0.187 e. The minimum Gasteiger partial charge on any atom is -0.238 e. The summed E-state index contributed by atoms with van der Waals surface area (Å²) in [5, 5.41) is 8.06. The Bertz CT molecular complexity index is 479. The van der Waals surface area contributed by atoms with Gasteiger partial charge in [-0.2, -0.15) is 15.0 Å². The number of hydrogen-bond acceptors (Lipinski definition) is 2. The van der Waals surface area contributed by atoms with Crippen LogP contribution in [-0.4, -0.2) is 15.0 Å². The van der Waals surface area contributed by atoms with Gasteiger partial charge in [0.1, 0.15) is 0 Å². The van der Waals surface area contributed by atoms with Crippen molar-refractivity contribution in [2.75, 3.05) is 0 Å². The third-order valence-electron chi connectivity index (χ3n) is 1.94. The van der Waals surface area contributed by atoms with Gasteiger partial charge in [0.15, 0.2) is 5.69 Å². The van der Waals surface area contributed by atoms with E-state index in [1.54, 1.807) is 23.3 Å². The van der Waals surface area contributed by atoms with Crippen LogP contribution in [0, 0.1) is 13.5 Å². The molecular formula is C10H8N4. The maximum absolute atomic E-state index is 6.87. The van der Waals surface area contributed by atoms with Crippen molar-refractivity contribution in [2.24, 2.45) is 0 Å². The number of aromatic nitrogens is 3. The highest BCUT2D eigenvalue weighted by Crippen LogP contribution is 2.19. The van der Waals surface area contributed by atoms with Gasteiger partial charge in [-0.3, -0.25) is 0 Å².